The predicted molar refractivity (Wildman–Crippen MR) is 88.9 cm³/mol. The van der Waals surface area contributed by atoms with Crippen molar-refractivity contribution in [2.24, 2.45) is 11.8 Å². The van der Waals surface area contributed by atoms with Crippen molar-refractivity contribution in [1.29, 1.82) is 0 Å². The minimum atomic E-state index is -3.60. The molecular weight excluding hydrogens is 332 g/mol. The van der Waals surface area contributed by atoms with Gasteiger partial charge < -0.3 is 10.1 Å². The minimum Gasteiger partial charge on any atom is -0.455 e. The number of benzene rings is 1. The normalized spacial score (nSPS) is 19.9. The van der Waals surface area contributed by atoms with Gasteiger partial charge in [-0.05, 0) is 37.0 Å². The second-order valence-corrected chi connectivity index (χ2v) is 8.36. The molecule has 1 aliphatic carbocycles. The van der Waals surface area contributed by atoms with E-state index in [-0.39, 0.29) is 23.4 Å². The van der Waals surface area contributed by atoms with Crippen molar-refractivity contribution in [3.8, 4) is 0 Å². The number of aryl methyl sites for hydroxylation is 1. The number of rotatable bonds is 6. The third-order valence-electron chi connectivity index (χ3n) is 3.99. The van der Waals surface area contributed by atoms with Gasteiger partial charge in [0, 0.05) is 19.8 Å². The molecule has 1 aromatic carbocycles. The van der Waals surface area contributed by atoms with E-state index in [1.807, 2.05) is 6.92 Å². The number of hydrogen-bond donors (Lipinski definition) is 1. The van der Waals surface area contributed by atoms with Crippen LogP contribution in [0.5, 0.6) is 0 Å². The lowest BCUT2D eigenvalue weighted by Crippen LogP contribution is -2.24. The molecule has 1 fully saturated rings. The van der Waals surface area contributed by atoms with E-state index in [1.165, 1.54) is 20.2 Å². The quantitative estimate of drug-likeness (QED) is 0.779. The van der Waals surface area contributed by atoms with Crippen LogP contribution in [0.4, 0.5) is 5.69 Å². The van der Waals surface area contributed by atoms with E-state index < -0.39 is 15.9 Å². The van der Waals surface area contributed by atoms with Crippen LogP contribution in [0, 0.1) is 18.8 Å². The lowest BCUT2D eigenvalue weighted by atomic mass is 10.2. The van der Waals surface area contributed by atoms with Crippen molar-refractivity contribution >= 4 is 27.6 Å². The highest BCUT2D eigenvalue weighted by atomic mass is 32.2. The third kappa shape index (κ3) is 4.12. The Hall–Kier alpha value is -1.93. The van der Waals surface area contributed by atoms with Crippen molar-refractivity contribution < 1.29 is 22.7 Å². The summed E-state index contributed by atoms with van der Waals surface area (Å²) in [5, 5.41) is 2.55. The zero-order chi connectivity index (χ0) is 18.1. The number of amides is 1. The highest BCUT2D eigenvalue weighted by molar-refractivity contribution is 7.89. The highest BCUT2D eigenvalue weighted by Gasteiger charge is 2.40. The second-order valence-electron chi connectivity index (χ2n) is 6.24. The lowest BCUT2D eigenvalue weighted by molar-refractivity contribution is -0.148. The molecule has 8 heteroatoms. The van der Waals surface area contributed by atoms with Crippen molar-refractivity contribution in [1.82, 2.24) is 4.31 Å². The summed E-state index contributed by atoms with van der Waals surface area (Å²) in [5.74, 6) is -0.656. The molecule has 2 rings (SSSR count). The van der Waals surface area contributed by atoms with Crippen LogP contribution in [0.1, 0.15) is 18.9 Å². The van der Waals surface area contributed by atoms with Crippen LogP contribution in [0.15, 0.2) is 23.1 Å². The van der Waals surface area contributed by atoms with E-state index >= 15 is 0 Å². The number of esters is 1. The number of sulfonamides is 1. The maximum atomic E-state index is 12.3. The molecule has 0 aliphatic heterocycles. The Morgan fingerprint density at radius 2 is 1.96 bits per heavy atom. The molecule has 0 unspecified atom stereocenters. The number of nitrogens with zero attached hydrogens (tertiary/aromatic N) is 1. The lowest BCUT2D eigenvalue weighted by Gasteiger charge is -2.15. The first-order valence-electron chi connectivity index (χ1n) is 7.62. The Bertz CT molecular complexity index is 758. The van der Waals surface area contributed by atoms with E-state index in [0.717, 1.165) is 10.7 Å². The Morgan fingerprint density at radius 1 is 1.33 bits per heavy atom. The minimum absolute atomic E-state index is 0.103. The topological polar surface area (TPSA) is 92.8 Å². The van der Waals surface area contributed by atoms with Gasteiger partial charge in [0.15, 0.2) is 6.61 Å². The predicted octanol–water partition coefficient (Wildman–Crippen LogP) is 1.38. The average molecular weight is 354 g/mol. The summed E-state index contributed by atoms with van der Waals surface area (Å²) in [6.45, 7) is 3.25. The molecule has 7 nitrogen and oxygen atoms in total. The molecule has 1 aliphatic rings. The van der Waals surface area contributed by atoms with Gasteiger partial charge in [-0.3, -0.25) is 9.59 Å². The van der Waals surface area contributed by atoms with Crippen molar-refractivity contribution in [3.05, 3.63) is 23.8 Å². The number of anilines is 1. The summed E-state index contributed by atoms with van der Waals surface area (Å²) in [6, 6.07) is 4.62. The van der Waals surface area contributed by atoms with Gasteiger partial charge >= 0.3 is 5.97 Å². The van der Waals surface area contributed by atoms with Crippen LogP contribution in [0.25, 0.3) is 0 Å². The standard InChI is InChI=1S/C16H22N2O5S/c1-10-5-6-12(8-14(10)24(21,22)18(3)4)17-15(19)9-23-16(20)13-7-11(13)2/h5-6,8,11,13H,7,9H2,1-4H3,(H,17,19)/t11-,13-/m1/s1. The van der Waals surface area contributed by atoms with E-state index in [2.05, 4.69) is 5.32 Å². The maximum absolute atomic E-state index is 12.3. The SMILES string of the molecule is Cc1ccc(NC(=O)COC(=O)[C@@H]2C[C@H]2C)cc1S(=O)(=O)N(C)C. The molecule has 0 heterocycles. The van der Waals surface area contributed by atoms with Crippen LogP contribution in [-0.2, 0) is 24.3 Å². The van der Waals surface area contributed by atoms with Crippen LogP contribution in [0.2, 0.25) is 0 Å². The summed E-state index contributed by atoms with van der Waals surface area (Å²) >= 11 is 0. The van der Waals surface area contributed by atoms with Gasteiger partial charge in [0.05, 0.1) is 10.8 Å². The largest absolute Gasteiger partial charge is 0.455 e. The monoisotopic (exact) mass is 354 g/mol. The van der Waals surface area contributed by atoms with Gasteiger partial charge in [-0.1, -0.05) is 13.0 Å². The van der Waals surface area contributed by atoms with Gasteiger partial charge in [0.2, 0.25) is 10.0 Å². The molecule has 1 N–H and O–H groups in total. The number of carbonyl (C=O) groups is 2. The zero-order valence-electron chi connectivity index (χ0n) is 14.2. The number of ether oxygens (including phenoxy) is 1. The smallest absolute Gasteiger partial charge is 0.309 e. The van der Waals surface area contributed by atoms with Crippen molar-refractivity contribution in [3.63, 3.8) is 0 Å². The Balaban J connectivity index is 2.02. The molecular formula is C16H22N2O5S. The molecule has 1 amide bonds. The molecule has 0 aromatic heterocycles. The molecule has 1 aromatic rings. The maximum Gasteiger partial charge on any atom is 0.309 e. The van der Waals surface area contributed by atoms with E-state index in [0.29, 0.717) is 17.2 Å². The summed E-state index contributed by atoms with van der Waals surface area (Å²) in [7, 11) is -0.718. The first-order valence-corrected chi connectivity index (χ1v) is 9.06. The van der Waals surface area contributed by atoms with E-state index in [9.17, 15) is 18.0 Å². The summed E-state index contributed by atoms with van der Waals surface area (Å²) in [4.78, 5) is 23.6. The highest BCUT2D eigenvalue weighted by Crippen LogP contribution is 2.38. The van der Waals surface area contributed by atoms with E-state index in [1.54, 1.807) is 19.1 Å². The van der Waals surface area contributed by atoms with E-state index in [4.69, 9.17) is 4.74 Å². The summed E-state index contributed by atoms with van der Waals surface area (Å²) in [6.07, 6.45) is 0.796. The summed E-state index contributed by atoms with van der Waals surface area (Å²) < 4.78 is 30.6. The second kappa shape index (κ2) is 6.90. The van der Waals surface area contributed by atoms with Gasteiger partial charge in [0.25, 0.3) is 5.91 Å². The Kier molecular flexibility index (Phi) is 5.29. The first kappa shape index (κ1) is 18.4. The third-order valence-corrected chi connectivity index (χ3v) is 5.95. The average Bonchev–Trinajstić information content (AvgIpc) is 3.23. The molecule has 132 valence electrons. The van der Waals surface area contributed by atoms with Crippen LogP contribution in [0.3, 0.4) is 0 Å². The molecule has 24 heavy (non-hydrogen) atoms. The molecule has 0 spiro atoms. The van der Waals surface area contributed by atoms with Crippen LogP contribution < -0.4 is 5.32 Å². The molecule has 0 bridgehead atoms. The molecule has 0 radical (unpaired) electrons. The van der Waals surface area contributed by atoms with Gasteiger partial charge in [0.1, 0.15) is 0 Å². The van der Waals surface area contributed by atoms with Crippen LogP contribution >= 0.6 is 0 Å². The summed E-state index contributed by atoms with van der Waals surface area (Å²) in [5.41, 5.74) is 0.915. The fourth-order valence-electron chi connectivity index (χ4n) is 2.24. The molecule has 2 atom stereocenters. The van der Waals surface area contributed by atoms with Crippen molar-refractivity contribution in [2.45, 2.75) is 25.2 Å². The fourth-order valence-corrected chi connectivity index (χ4v) is 3.39. The Labute approximate surface area is 142 Å². The van der Waals surface area contributed by atoms with Crippen molar-refractivity contribution in [2.75, 3.05) is 26.0 Å². The number of nitrogens with one attached hydrogen (secondary N) is 1. The number of hydrogen-bond acceptors (Lipinski definition) is 5. The molecule has 1 saturated carbocycles. The van der Waals surface area contributed by atoms with Gasteiger partial charge in [-0.25, -0.2) is 12.7 Å². The zero-order valence-corrected chi connectivity index (χ0v) is 15.0. The van der Waals surface area contributed by atoms with Gasteiger partial charge in [-0.2, -0.15) is 0 Å². The van der Waals surface area contributed by atoms with Crippen LogP contribution in [-0.4, -0.2) is 45.3 Å². The molecule has 0 saturated heterocycles. The van der Waals surface area contributed by atoms with Gasteiger partial charge in [-0.15, -0.1) is 0 Å². The first-order chi connectivity index (χ1) is 11.1. The number of carbonyl (C=O) groups excluding carboxylic acids is 2. The fraction of sp³-hybridized carbons (Fsp3) is 0.500. The Morgan fingerprint density at radius 3 is 2.50 bits per heavy atom.